The van der Waals surface area contributed by atoms with Crippen LogP contribution in [0.25, 0.3) is 0 Å². The van der Waals surface area contributed by atoms with E-state index in [1.807, 2.05) is 37.3 Å². The topological polar surface area (TPSA) is 73.0 Å². The van der Waals surface area contributed by atoms with Crippen LogP contribution in [0, 0.1) is 27.7 Å². The Morgan fingerprint density at radius 2 is 1.84 bits per heavy atom. The van der Waals surface area contributed by atoms with Gasteiger partial charge in [-0.3, -0.25) is 19.0 Å². The monoisotopic (exact) mass is 343 g/mol. The molecule has 0 N–H and O–H groups in total. The molecule has 0 aromatic carbocycles. The zero-order valence-electron chi connectivity index (χ0n) is 15.5. The minimum Gasteiger partial charge on any atom is -0.338 e. The van der Waals surface area contributed by atoms with Gasteiger partial charge in [0, 0.05) is 37.4 Å². The molecule has 3 heterocycles. The summed E-state index contributed by atoms with van der Waals surface area (Å²) >= 11 is 0. The molecule has 1 aliphatic heterocycles. The predicted molar refractivity (Wildman–Crippen MR) is 93.6 cm³/mol. The fourth-order valence-electron chi connectivity index (χ4n) is 3.61. The van der Waals surface area contributed by atoms with E-state index in [9.17, 15) is 9.59 Å². The van der Waals surface area contributed by atoms with Crippen molar-refractivity contribution >= 4 is 11.7 Å². The molecular formula is C18H25N5O2. The van der Waals surface area contributed by atoms with Crippen LogP contribution in [-0.2, 0) is 11.3 Å². The maximum atomic E-state index is 12.4. The summed E-state index contributed by atoms with van der Waals surface area (Å²) in [6.45, 7) is 11.2. The Hall–Kier alpha value is -2.44. The highest BCUT2D eigenvalue weighted by atomic mass is 16.2. The Bertz CT molecular complexity index is 827. The highest BCUT2D eigenvalue weighted by molar-refractivity contribution is 5.96. The number of likely N-dealkylation sites (tertiary alicyclic amines) is 1. The van der Waals surface area contributed by atoms with E-state index < -0.39 is 0 Å². The number of aryl methyl sites for hydroxylation is 4. The lowest BCUT2D eigenvalue weighted by Gasteiger charge is -2.39. The largest absolute Gasteiger partial charge is 0.338 e. The van der Waals surface area contributed by atoms with Gasteiger partial charge in [0.2, 0.25) is 5.91 Å². The molecule has 1 aliphatic rings. The molecule has 134 valence electrons. The van der Waals surface area contributed by atoms with Crippen LogP contribution in [0.5, 0.6) is 0 Å². The number of hydrogen-bond donors (Lipinski definition) is 0. The second-order valence-corrected chi connectivity index (χ2v) is 6.90. The summed E-state index contributed by atoms with van der Waals surface area (Å²) in [6.07, 6.45) is 0.392. The summed E-state index contributed by atoms with van der Waals surface area (Å²) in [4.78, 5) is 25.9. The van der Waals surface area contributed by atoms with Crippen molar-refractivity contribution in [3.63, 3.8) is 0 Å². The molecule has 0 unspecified atom stereocenters. The number of carbonyl (C=O) groups excluding carboxylic acids is 2. The Labute approximate surface area is 147 Å². The molecule has 3 rings (SSSR count). The third-order valence-corrected chi connectivity index (χ3v) is 4.88. The average Bonchev–Trinajstić information content (AvgIpc) is 2.94. The Kier molecular flexibility index (Phi) is 4.49. The third-order valence-electron chi connectivity index (χ3n) is 4.88. The van der Waals surface area contributed by atoms with Gasteiger partial charge in [-0.1, -0.05) is 0 Å². The second-order valence-electron chi connectivity index (χ2n) is 6.90. The first-order valence-electron chi connectivity index (χ1n) is 8.63. The van der Waals surface area contributed by atoms with Crippen LogP contribution in [0.2, 0.25) is 0 Å². The lowest BCUT2D eigenvalue weighted by molar-refractivity contribution is -0.137. The average molecular weight is 343 g/mol. The molecule has 0 saturated carbocycles. The van der Waals surface area contributed by atoms with Crippen molar-refractivity contribution in [3.05, 3.63) is 34.4 Å². The second kappa shape index (κ2) is 6.46. The van der Waals surface area contributed by atoms with Crippen molar-refractivity contribution in [2.24, 2.45) is 0 Å². The number of nitrogens with zero attached hydrogens (tertiary/aromatic N) is 5. The van der Waals surface area contributed by atoms with E-state index >= 15 is 0 Å². The third kappa shape index (κ3) is 3.23. The molecule has 0 aliphatic carbocycles. The minimum atomic E-state index is 0.0167. The maximum absolute atomic E-state index is 12.4. The lowest BCUT2D eigenvalue weighted by atomic mass is 10.1. The summed E-state index contributed by atoms with van der Waals surface area (Å²) in [5.74, 6) is 0.137. The molecule has 1 amide bonds. The molecule has 0 atom stereocenters. The van der Waals surface area contributed by atoms with E-state index in [2.05, 4.69) is 16.3 Å². The van der Waals surface area contributed by atoms with Crippen molar-refractivity contribution in [1.29, 1.82) is 0 Å². The molecule has 1 saturated heterocycles. The van der Waals surface area contributed by atoms with Gasteiger partial charge in [-0.05, 0) is 40.7 Å². The molecular weight excluding hydrogens is 318 g/mol. The number of hydrogen-bond acceptors (Lipinski definition) is 4. The number of ketones is 1. The van der Waals surface area contributed by atoms with Crippen LogP contribution in [0.15, 0.2) is 6.07 Å². The van der Waals surface area contributed by atoms with E-state index in [1.165, 1.54) is 0 Å². The van der Waals surface area contributed by atoms with E-state index in [4.69, 9.17) is 0 Å². The van der Waals surface area contributed by atoms with Gasteiger partial charge in [-0.15, -0.1) is 0 Å². The van der Waals surface area contributed by atoms with Crippen molar-refractivity contribution in [2.75, 3.05) is 13.1 Å². The number of Topliss-reactive ketones (excluding diaryl/α,β-unsaturated/α-hetero) is 1. The summed E-state index contributed by atoms with van der Waals surface area (Å²) in [6, 6.07) is 2.33. The number of amides is 1. The van der Waals surface area contributed by atoms with E-state index in [1.54, 1.807) is 11.6 Å². The quantitative estimate of drug-likeness (QED) is 0.778. The molecule has 7 nitrogen and oxygen atoms in total. The first-order valence-corrected chi connectivity index (χ1v) is 8.63. The van der Waals surface area contributed by atoms with Gasteiger partial charge >= 0.3 is 0 Å². The van der Waals surface area contributed by atoms with Crippen molar-refractivity contribution in [3.8, 4) is 0 Å². The zero-order chi connectivity index (χ0) is 18.3. The number of carbonyl (C=O) groups is 2. The summed E-state index contributed by atoms with van der Waals surface area (Å²) < 4.78 is 3.78. The zero-order valence-corrected chi connectivity index (χ0v) is 15.5. The Morgan fingerprint density at radius 1 is 1.16 bits per heavy atom. The van der Waals surface area contributed by atoms with Crippen molar-refractivity contribution in [2.45, 2.75) is 53.6 Å². The van der Waals surface area contributed by atoms with Crippen LogP contribution in [-0.4, -0.2) is 49.2 Å². The van der Waals surface area contributed by atoms with Gasteiger partial charge in [0.1, 0.15) is 0 Å². The minimum absolute atomic E-state index is 0.0167. The van der Waals surface area contributed by atoms with E-state index in [0.717, 1.165) is 22.8 Å². The van der Waals surface area contributed by atoms with Gasteiger partial charge in [0.05, 0.1) is 23.0 Å². The van der Waals surface area contributed by atoms with Gasteiger partial charge in [0.25, 0.3) is 0 Å². The van der Waals surface area contributed by atoms with Gasteiger partial charge < -0.3 is 4.90 Å². The maximum Gasteiger partial charge on any atom is 0.224 e. The van der Waals surface area contributed by atoms with Crippen molar-refractivity contribution in [1.82, 2.24) is 24.5 Å². The van der Waals surface area contributed by atoms with E-state index in [-0.39, 0.29) is 17.7 Å². The normalized spacial score (nSPS) is 14.7. The first kappa shape index (κ1) is 17.4. The highest BCUT2D eigenvalue weighted by Gasteiger charge is 2.33. The molecule has 0 spiro atoms. The highest BCUT2D eigenvalue weighted by Crippen LogP contribution is 2.23. The SMILES string of the molecule is CC(=O)c1c(C)nn(CCC(=O)N2CC(n3nc(C)cc3C)C2)c1C. The van der Waals surface area contributed by atoms with Crippen LogP contribution in [0.1, 0.15) is 52.5 Å². The lowest BCUT2D eigenvalue weighted by Crippen LogP contribution is -2.51. The summed E-state index contributed by atoms with van der Waals surface area (Å²) in [7, 11) is 0. The molecule has 7 heteroatoms. The van der Waals surface area contributed by atoms with Crippen LogP contribution >= 0.6 is 0 Å². The molecule has 25 heavy (non-hydrogen) atoms. The smallest absolute Gasteiger partial charge is 0.224 e. The summed E-state index contributed by atoms with van der Waals surface area (Å²) in [5.41, 5.74) is 4.37. The predicted octanol–water partition coefficient (Wildman–Crippen LogP) is 1.99. The van der Waals surface area contributed by atoms with E-state index in [0.29, 0.717) is 31.6 Å². The van der Waals surface area contributed by atoms with Crippen LogP contribution in [0.4, 0.5) is 0 Å². The number of aromatic nitrogens is 4. The molecule has 2 aromatic rings. The van der Waals surface area contributed by atoms with Crippen LogP contribution < -0.4 is 0 Å². The molecule has 0 bridgehead atoms. The Balaban J connectivity index is 1.56. The standard InChI is InChI=1S/C18H25N5O2/c1-11-8-12(2)23(19-11)16-9-21(10-16)17(25)6-7-22-14(4)18(15(5)24)13(3)20-22/h8,16H,6-7,9-10H2,1-5H3. The fraction of sp³-hybridized carbons (Fsp3) is 0.556. The Morgan fingerprint density at radius 3 is 2.36 bits per heavy atom. The van der Waals surface area contributed by atoms with Gasteiger partial charge in [-0.2, -0.15) is 10.2 Å². The molecule has 0 radical (unpaired) electrons. The fourth-order valence-corrected chi connectivity index (χ4v) is 3.61. The first-order chi connectivity index (χ1) is 11.8. The summed E-state index contributed by atoms with van der Waals surface area (Å²) in [5, 5.41) is 8.89. The number of rotatable bonds is 5. The van der Waals surface area contributed by atoms with Gasteiger partial charge in [-0.25, -0.2) is 0 Å². The molecule has 1 fully saturated rings. The van der Waals surface area contributed by atoms with Crippen molar-refractivity contribution < 1.29 is 9.59 Å². The van der Waals surface area contributed by atoms with Gasteiger partial charge in [0.15, 0.2) is 5.78 Å². The molecule has 2 aromatic heterocycles. The van der Waals surface area contributed by atoms with Crippen LogP contribution in [0.3, 0.4) is 0 Å².